The van der Waals surface area contributed by atoms with E-state index in [1.165, 1.54) is 17.9 Å². The maximum atomic E-state index is 13.9. The summed E-state index contributed by atoms with van der Waals surface area (Å²) < 4.78 is 0.174. The first-order valence-corrected chi connectivity index (χ1v) is 13.5. The minimum Gasteiger partial charge on any atom is -0.508 e. The molecule has 8 heteroatoms. The Morgan fingerprint density at radius 3 is 2.38 bits per heavy atom. The fourth-order valence-electron chi connectivity index (χ4n) is 6.54. The van der Waals surface area contributed by atoms with Crippen molar-refractivity contribution in [2.45, 2.75) is 32.6 Å². The number of ketones is 3. The Balaban J connectivity index is 1.46. The second-order valence-electron chi connectivity index (χ2n) is 10.6. The number of imide groups is 1. The van der Waals surface area contributed by atoms with Crippen LogP contribution in [0.3, 0.4) is 0 Å². The summed E-state index contributed by atoms with van der Waals surface area (Å²) in [5.74, 6) is -3.50. The molecule has 4 atom stereocenters. The first-order chi connectivity index (χ1) is 18.6. The van der Waals surface area contributed by atoms with Crippen molar-refractivity contribution in [3.8, 4) is 5.75 Å². The van der Waals surface area contributed by atoms with E-state index in [2.05, 4.69) is 15.9 Å². The van der Waals surface area contributed by atoms with Crippen LogP contribution in [0.4, 0.5) is 5.69 Å². The Morgan fingerprint density at radius 2 is 1.72 bits per heavy atom. The largest absolute Gasteiger partial charge is 0.508 e. The lowest BCUT2D eigenvalue weighted by Crippen LogP contribution is -2.39. The number of allylic oxidation sites excluding steroid dienone is 6. The van der Waals surface area contributed by atoms with Crippen molar-refractivity contribution >= 4 is 50.8 Å². The molecule has 2 aromatic carbocycles. The first-order valence-electron chi connectivity index (χ1n) is 12.8. The molecular weight excluding hydrogens is 562 g/mol. The van der Waals surface area contributed by atoms with Crippen molar-refractivity contribution in [1.82, 2.24) is 0 Å². The van der Waals surface area contributed by atoms with Crippen LogP contribution in [-0.2, 0) is 19.2 Å². The number of Topliss-reactive ketones (excluding diaryl/α,β-unsaturated/α-hetero) is 2. The lowest BCUT2D eigenvalue weighted by atomic mass is 9.59. The van der Waals surface area contributed by atoms with Crippen LogP contribution in [0, 0.1) is 24.7 Å². The Morgan fingerprint density at radius 1 is 1.00 bits per heavy atom. The number of amides is 2. The molecule has 2 amide bonds. The number of nitrogens with zero attached hydrogens (tertiary/aromatic N) is 1. The third kappa shape index (κ3) is 3.80. The monoisotopic (exact) mass is 585 g/mol. The van der Waals surface area contributed by atoms with E-state index in [1.54, 1.807) is 49.4 Å². The van der Waals surface area contributed by atoms with E-state index >= 15 is 0 Å². The topological polar surface area (TPSA) is 109 Å². The molecule has 0 saturated carbocycles. The third-order valence-corrected chi connectivity index (χ3v) is 9.01. The molecule has 39 heavy (non-hydrogen) atoms. The van der Waals surface area contributed by atoms with Crippen LogP contribution in [-0.4, -0.2) is 34.3 Å². The van der Waals surface area contributed by atoms with Crippen molar-refractivity contribution < 1.29 is 29.1 Å². The van der Waals surface area contributed by atoms with Gasteiger partial charge in [0.2, 0.25) is 11.8 Å². The van der Waals surface area contributed by atoms with Gasteiger partial charge in [0.15, 0.2) is 17.3 Å². The average Bonchev–Trinajstić information content (AvgIpc) is 3.17. The van der Waals surface area contributed by atoms with E-state index < -0.39 is 23.7 Å². The van der Waals surface area contributed by atoms with Gasteiger partial charge in [0.25, 0.3) is 0 Å². The van der Waals surface area contributed by atoms with E-state index in [-0.39, 0.29) is 45.8 Å². The Kier molecular flexibility index (Phi) is 5.91. The normalized spacial score (nSPS) is 26.2. The highest BCUT2D eigenvalue weighted by molar-refractivity contribution is 9.12. The van der Waals surface area contributed by atoms with Gasteiger partial charge in [-0.15, -0.1) is 0 Å². The predicted octanol–water partition coefficient (Wildman–Crippen LogP) is 4.87. The number of aryl methyl sites for hydroxylation is 1. The van der Waals surface area contributed by atoms with Gasteiger partial charge in [-0.2, -0.15) is 0 Å². The number of aromatic hydroxyl groups is 1. The van der Waals surface area contributed by atoms with Crippen molar-refractivity contribution in [3.05, 3.63) is 92.5 Å². The molecule has 1 aliphatic heterocycles. The zero-order valence-electron chi connectivity index (χ0n) is 21.2. The molecule has 1 N–H and O–H groups in total. The van der Waals surface area contributed by atoms with Crippen LogP contribution < -0.4 is 4.90 Å². The van der Waals surface area contributed by atoms with E-state index in [0.29, 0.717) is 34.4 Å². The number of phenols is 1. The highest BCUT2D eigenvalue weighted by Crippen LogP contribution is 2.55. The second kappa shape index (κ2) is 9.09. The highest BCUT2D eigenvalue weighted by atomic mass is 79.9. The van der Waals surface area contributed by atoms with Crippen LogP contribution in [0.5, 0.6) is 5.75 Å². The standard InChI is InChI=1S/C31H24BrNO6/c1-14-11-17(5-10-24(14)35)26-19-8-9-20-27(21(19)12-22-28(26)25(36)13-23(32)29(22)37)31(39)33(30(20)38)18-6-3-16(4-7-18)15(2)34/h3-8,10-11,13,20-21,26-27,35H,9,12H2,1-2H3. The number of anilines is 1. The van der Waals surface area contributed by atoms with Gasteiger partial charge in [-0.1, -0.05) is 23.8 Å². The van der Waals surface area contributed by atoms with E-state index in [0.717, 1.165) is 11.1 Å². The van der Waals surface area contributed by atoms with Gasteiger partial charge in [0, 0.05) is 28.7 Å². The SMILES string of the molecule is CC(=O)c1ccc(N2C(=O)C3CC=C4C(c5ccc(O)c(C)c5)C5=C(CC4C3C2=O)C(=O)C(Br)=CC5=O)cc1. The maximum absolute atomic E-state index is 13.9. The zero-order chi connectivity index (χ0) is 27.7. The summed E-state index contributed by atoms with van der Waals surface area (Å²) in [6.07, 6.45) is 3.77. The lowest BCUT2D eigenvalue weighted by molar-refractivity contribution is -0.123. The maximum Gasteiger partial charge on any atom is 0.238 e. The number of carbonyl (C=O) groups excluding carboxylic acids is 5. The fourth-order valence-corrected chi connectivity index (χ4v) is 6.99. The molecule has 1 saturated heterocycles. The van der Waals surface area contributed by atoms with Gasteiger partial charge in [-0.3, -0.25) is 28.9 Å². The zero-order valence-corrected chi connectivity index (χ0v) is 22.8. The van der Waals surface area contributed by atoms with E-state index in [1.807, 2.05) is 6.08 Å². The lowest BCUT2D eigenvalue weighted by Gasteiger charge is -2.42. The summed E-state index contributed by atoms with van der Waals surface area (Å²) in [4.78, 5) is 67.0. The van der Waals surface area contributed by atoms with Gasteiger partial charge in [0.1, 0.15) is 5.75 Å². The summed E-state index contributed by atoms with van der Waals surface area (Å²) in [5, 5.41) is 10.1. The highest BCUT2D eigenvalue weighted by Gasteiger charge is 2.56. The van der Waals surface area contributed by atoms with Gasteiger partial charge in [-0.05, 0) is 90.0 Å². The molecule has 0 bridgehead atoms. The molecular formula is C31H24BrNO6. The van der Waals surface area contributed by atoms with Crippen LogP contribution >= 0.6 is 15.9 Å². The number of carbonyl (C=O) groups is 5. The summed E-state index contributed by atoms with van der Waals surface area (Å²) in [6.45, 7) is 3.21. The van der Waals surface area contributed by atoms with Crippen molar-refractivity contribution in [2.75, 3.05) is 4.90 Å². The number of halogens is 1. The molecule has 7 nitrogen and oxygen atoms in total. The molecule has 196 valence electrons. The van der Waals surface area contributed by atoms with Crippen LogP contribution in [0.25, 0.3) is 0 Å². The van der Waals surface area contributed by atoms with Crippen molar-refractivity contribution in [1.29, 1.82) is 0 Å². The van der Waals surface area contributed by atoms with E-state index in [4.69, 9.17) is 0 Å². The molecule has 0 spiro atoms. The number of fused-ring (bicyclic) bond motifs is 3. The molecule has 4 unspecified atom stereocenters. The minimum absolute atomic E-state index is 0.114. The number of benzene rings is 2. The summed E-state index contributed by atoms with van der Waals surface area (Å²) >= 11 is 3.23. The van der Waals surface area contributed by atoms with Gasteiger partial charge in [-0.25, -0.2) is 0 Å². The second-order valence-corrected chi connectivity index (χ2v) is 11.4. The van der Waals surface area contributed by atoms with Crippen molar-refractivity contribution in [3.63, 3.8) is 0 Å². The molecule has 3 aliphatic carbocycles. The van der Waals surface area contributed by atoms with Gasteiger partial charge >= 0.3 is 0 Å². The molecule has 4 aliphatic rings. The summed E-state index contributed by atoms with van der Waals surface area (Å²) in [5.41, 5.74) is 3.86. The number of phenolic OH excluding ortho intramolecular Hbond substituents is 1. The summed E-state index contributed by atoms with van der Waals surface area (Å²) in [7, 11) is 0. The summed E-state index contributed by atoms with van der Waals surface area (Å²) in [6, 6.07) is 11.5. The number of hydrogen-bond acceptors (Lipinski definition) is 6. The Hall–Kier alpha value is -3.91. The number of hydrogen-bond donors (Lipinski definition) is 1. The van der Waals surface area contributed by atoms with Gasteiger partial charge in [0.05, 0.1) is 22.0 Å². The Bertz CT molecular complexity index is 1610. The molecule has 1 fully saturated rings. The molecule has 2 aromatic rings. The molecule has 6 rings (SSSR count). The number of rotatable bonds is 3. The Labute approximate surface area is 233 Å². The van der Waals surface area contributed by atoms with Crippen LogP contribution in [0.15, 0.2) is 75.8 Å². The fraction of sp³-hybridized carbons (Fsp3) is 0.258. The minimum atomic E-state index is -0.688. The average molecular weight is 586 g/mol. The predicted molar refractivity (Wildman–Crippen MR) is 146 cm³/mol. The first kappa shape index (κ1) is 25.4. The van der Waals surface area contributed by atoms with Crippen LogP contribution in [0.1, 0.15) is 47.2 Å². The smallest absolute Gasteiger partial charge is 0.238 e. The van der Waals surface area contributed by atoms with Gasteiger partial charge < -0.3 is 5.11 Å². The van der Waals surface area contributed by atoms with Crippen molar-refractivity contribution in [2.24, 2.45) is 17.8 Å². The molecule has 0 radical (unpaired) electrons. The molecule has 1 heterocycles. The van der Waals surface area contributed by atoms with E-state index in [9.17, 15) is 29.1 Å². The quantitative estimate of drug-likeness (QED) is 0.238. The van der Waals surface area contributed by atoms with Crippen LogP contribution in [0.2, 0.25) is 0 Å². The molecule has 0 aromatic heterocycles. The third-order valence-electron chi connectivity index (χ3n) is 8.42.